The van der Waals surface area contributed by atoms with Crippen LogP contribution in [0.15, 0.2) is 60.7 Å². The largest absolute Gasteiger partial charge is 0.457 e. The highest BCUT2D eigenvalue weighted by atomic mass is 19.1. The minimum Gasteiger partial charge on any atom is -0.457 e. The van der Waals surface area contributed by atoms with E-state index in [1.54, 1.807) is 0 Å². The fourth-order valence-corrected chi connectivity index (χ4v) is 2.35. The van der Waals surface area contributed by atoms with Gasteiger partial charge in [0.1, 0.15) is 17.3 Å². The Bertz CT molecular complexity index is 770. The van der Waals surface area contributed by atoms with Crippen LogP contribution in [0.1, 0.15) is 5.56 Å². The number of ether oxygens (including phenoxy) is 1. The van der Waals surface area contributed by atoms with Crippen molar-refractivity contribution < 1.29 is 9.13 Å². The van der Waals surface area contributed by atoms with Gasteiger partial charge < -0.3 is 10.1 Å². The van der Waals surface area contributed by atoms with Crippen LogP contribution in [-0.2, 0) is 6.54 Å². The first kappa shape index (κ1) is 13.6. The van der Waals surface area contributed by atoms with Crippen LogP contribution in [0.2, 0.25) is 0 Å². The molecule has 21 heavy (non-hydrogen) atoms. The molecule has 0 saturated carbocycles. The number of rotatable bonds is 4. The van der Waals surface area contributed by atoms with Gasteiger partial charge in [-0.2, -0.15) is 0 Å². The molecule has 0 spiro atoms. The summed E-state index contributed by atoms with van der Waals surface area (Å²) in [5, 5.41) is 5.26. The summed E-state index contributed by atoms with van der Waals surface area (Å²) in [6.45, 7) is 0.603. The molecule has 0 saturated heterocycles. The number of nitrogens with one attached hydrogen (secondary N) is 1. The van der Waals surface area contributed by atoms with Crippen molar-refractivity contribution in [2.45, 2.75) is 6.54 Å². The zero-order valence-electron chi connectivity index (χ0n) is 11.8. The Morgan fingerprint density at radius 2 is 1.71 bits per heavy atom. The predicted octanol–water partition coefficient (Wildman–Crippen LogP) is 4.49. The smallest absolute Gasteiger partial charge is 0.130 e. The molecule has 0 amide bonds. The van der Waals surface area contributed by atoms with E-state index in [9.17, 15) is 4.39 Å². The van der Waals surface area contributed by atoms with Crippen LogP contribution in [0.25, 0.3) is 10.8 Å². The average Bonchev–Trinajstić information content (AvgIpc) is 2.47. The molecule has 3 aromatic rings. The van der Waals surface area contributed by atoms with Crippen LogP contribution in [0.4, 0.5) is 4.39 Å². The highest BCUT2D eigenvalue weighted by Gasteiger charge is 2.04. The molecular formula is C18H16FNO. The molecule has 106 valence electrons. The zero-order chi connectivity index (χ0) is 14.7. The van der Waals surface area contributed by atoms with E-state index in [-0.39, 0.29) is 5.82 Å². The van der Waals surface area contributed by atoms with Gasteiger partial charge >= 0.3 is 0 Å². The monoisotopic (exact) mass is 281 g/mol. The van der Waals surface area contributed by atoms with Gasteiger partial charge in [-0.05, 0) is 47.6 Å². The molecule has 0 unspecified atom stereocenters. The maximum absolute atomic E-state index is 13.6. The minimum atomic E-state index is -0.293. The van der Waals surface area contributed by atoms with E-state index >= 15 is 0 Å². The molecule has 0 atom stereocenters. The average molecular weight is 281 g/mol. The van der Waals surface area contributed by atoms with E-state index in [1.807, 2.05) is 55.6 Å². The van der Waals surface area contributed by atoms with Crippen LogP contribution in [-0.4, -0.2) is 7.05 Å². The summed E-state index contributed by atoms with van der Waals surface area (Å²) in [6, 6.07) is 18.7. The molecule has 0 fully saturated rings. The maximum Gasteiger partial charge on any atom is 0.130 e. The van der Waals surface area contributed by atoms with Gasteiger partial charge in [-0.1, -0.05) is 30.3 Å². The summed E-state index contributed by atoms with van der Waals surface area (Å²) in [7, 11) is 1.83. The first-order chi connectivity index (χ1) is 10.2. The number of hydrogen-bond acceptors (Lipinski definition) is 2. The molecule has 0 heterocycles. The maximum atomic E-state index is 13.6. The summed E-state index contributed by atoms with van der Waals surface area (Å²) in [5.74, 6) is 0.920. The van der Waals surface area contributed by atoms with Crippen molar-refractivity contribution in [3.63, 3.8) is 0 Å². The lowest BCUT2D eigenvalue weighted by Gasteiger charge is -2.09. The fraction of sp³-hybridized carbons (Fsp3) is 0.111. The van der Waals surface area contributed by atoms with Crippen molar-refractivity contribution in [1.29, 1.82) is 0 Å². The van der Waals surface area contributed by atoms with Crippen molar-refractivity contribution in [2.75, 3.05) is 7.05 Å². The van der Waals surface area contributed by atoms with Gasteiger partial charge in [-0.25, -0.2) is 4.39 Å². The van der Waals surface area contributed by atoms with Gasteiger partial charge in [0.15, 0.2) is 0 Å². The Hall–Kier alpha value is -2.39. The van der Waals surface area contributed by atoms with Crippen LogP contribution in [0, 0.1) is 5.82 Å². The molecule has 3 rings (SSSR count). The second kappa shape index (κ2) is 5.94. The summed E-state index contributed by atoms with van der Waals surface area (Å²) >= 11 is 0. The summed E-state index contributed by atoms with van der Waals surface area (Å²) in [4.78, 5) is 0. The van der Waals surface area contributed by atoms with E-state index in [0.29, 0.717) is 18.0 Å². The predicted molar refractivity (Wildman–Crippen MR) is 83.2 cm³/mol. The number of fused-ring (bicyclic) bond motifs is 1. The quantitative estimate of drug-likeness (QED) is 0.760. The zero-order valence-corrected chi connectivity index (χ0v) is 11.8. The van der Waals surface area contributed by atoms with Crippen molar-refractivity contribution in [2.24, 2.45) is 0 Å². The molecule has 3 aromatic carbocycles. The molecule has 0 bridgehead atoms. The lowest BCUT2D eigenvalue weighted by atomic mass is 10.1. The normalized spacial score (nSPS) is 10.8. The SMILES string of the molecule is CNCc1cc(F)cc(Oc2ccc3ccccc3c2)c1. The molecule has 3 heteroatoms. The van der Waals surface area contributed by atoms with E-state index in [1.165, 1.54) is 12.1 Å². The van der Waals surface area contributed by atoms with Gasteiger partial charge in [0.2, 0.25) is 0 Å². The van der Waals surface area contributed by atoms with Crippen LogP contribution in [0.3, 0.4) is 0 Å². The van der Waals surface area contributed by atoms with Crippen LogP contribution < -0.4 is 10.1 Å². The van der Waals surface area contributed by atoms with Gasteiger partial charge in [0.25, 0.3) is 0 Å². The Kier molecular flexibility index (Phi) is 3.84. The third-order valence-electron chi connectivity index (χ3n) is 3.27. The third kappa shape index (κ3) is 3.20. The molecular weight excluding hydrogens is 265 g/mol. The van der Waals surface area contributed by atoms with Crippen molar-refractivity contribution >= 4 is 10.8 Å². The fourth-order valence-electron chi connectivity index (χ4n) is 2.35. The molecule has 0 radical (unpaired) electrons. The highest BCUT2D eigenvalue weighted by Crippen LogP contribution is 2.27. The Balaban J connectivity index is 1.90. The van der Waals surface area contributed by atoms with Gasteiger partial charge in [-0.15, -0.1) is 0 Å². The molecule has 1 N–H and O–H groups in total. The van der Waals surface area contributed by atoms with E-state index in [0.717, 1.165) is 16.3 Å². The Morgan fingerprint density at radius 3 is 2.52 bits per heavy atom. The standard InChI is InChI=1S/C18H16FNO/c1-20-12-13-8-16(19)11-18(9-13)21-17-7-6-14-4-2-3-5-15(14)10-17/h2-11,20H,12H2,1H3. The van der Waals surface area contributed by atoms with E-state index in [2.05, 4.69) is 5.32 Å². The van der Waals surface area contributed by atoms with Gasteiger partial charge in [0, 0.05) is 12.6 Å². The van der Waals surface area contributed by atoms with Crippen LogP contribution >= 0.6 is 0 Å². The molecule has 0 aliphatic carbocycles. The summed E-state index contributed by atoms with van der Waals surface area (Å²) in [6.07, 6.45) is 0. The summed E-state index contributed by atoms with van der Waals surface area (Å²) < 4.78 is 19.4. The van der Waals surface area contributed by atoms with E-state index in [4.69, 9.17) is 4.74 Å². The van der Waals surface area contributed by atoms with Gasteiger partial charge in [-0.3, -0.25) is 0 Å². The number of hydrogen-bond donors (Lipinski definition) is 1. The third-order valence-corrected chi connectivity index (χ3v) is 3.27. The topological polar surface area (TPSA) is 21.3 Å². The first-order valence-corrected chi connectivity index (χ1v) is 6.85. The number of benzene rings is 3. The van der Waals surface area contributed by atoms with Crippen molar-refractivity contribution in [1.82, 2.24) is 5.32 Å². The highest BCUT2D eigenvalue weighted by molar-refractivity contribution is 5.83. The van der Waals surface area contributed by atoms with Crippen molar-refractivity contribution in [3.8, 4) is 11.5 Å². The van der Waals surface area contributed by atoms with Gasteiger partial charge in [0.05, 0.1) is 0 Å². The lowest BCUT2D eigenvalue weighted by Crippen LogP contribution is -2.05. The Morgan fingerprint density at radius 1 is 0.905 bits per heavy atom. The molecule has 0 aliphatic rings. The van der Waals surface area contributed by atoms with Crippen molar-refractivity contribution in [3.05, 3.63) is 72.0 Å². The second-order valence-electron chi connectivity index (χ2n) is 4.94. The molecule has 2 nitrogen and oxygen atoms in total. The summed E-state index contributed by atoms with van der Waals surface area (Å²) in [5.41, 5.74) is 0.855. The lowest BCUT2D eigenvalue weighted by molar-refractivity contribution is 0.476. The Labute approximate surface area is 123 Å². The van der Waals surface area contributed by atoms with Crippen LogP contribution in [0.5, 0.6) is 11.5 Å². The molecule has 0 aromatic heterocycles. The second-order valence-corrected chi connectivity index (χ2v) is 4.94. The number of halogens is 1. The molecule has 0 aliphatic heterocycles. The minimum absolute atomic E-state index is 0.293. The van der Waals surface area contributed by atoms with E-state index < -0.39 is 0 Å². The first-order valence-electron chi connectivity index (χ1n) is 6.85.